The van der Waals surface area contributed by atoms with E-state index in [1.807, 2.05) is 19.1 Å². The Kier molecular flexibility index (Phi) is 3.09. The summed E-state index contributed by atoms with van der Waals surface area (Å²) in [6, 6.07) is 7.11. The number of aromatic nitrogens is 2. The second-order valence-corrected chi connectivity index (χ2v) is 3.73. The highest BCUT2D eigenvalue weighted by atomic mass is 16.4. The zero-order valence-corrected chi connectivity index (χ0v) is 9.56. The van der Waals surface area contributed by atoms with E-state index in [-0.39, 0.29) is 11.4 Å². The molecular weight excluding hydrogens is 234 g/mol. The molecule has 0 unspecified atom stereocenters. The number of anilines is 1. The van der Waals surface area contributed by atoms with E-state index in [0.29, 0.717) is 5.69 Å². The van der Waals surface area contributed by atoms with Gasteiger partial charge in [0.1, 0.15) is 0 Å². The lowest BCUT2D eigenvalue weighted by atomic mass is 10.2. The zero-order valence-electron chi connectivity index (χ0n) is 9.56. The van der Waals surface area contributed by atoms with E-state index >= 15 is 0 Å². The van der Waals surface area contributed by atoms with Crippen molar-refractivity contribution < 1.29 is 14.7 Å². The Hall–Kier alpha value is -2.63. The molecule has 0 radical (unpaired) electrons. The van der Waals surface area contributed by atoms with E-state index in [4.69, 9.17) is 0 Å². The number of rotatable bonds is 3. The number of aromatic carboxylic acids is 1. The van der Waals surface area contributed by atoms with Crippen LogP contribution < -0.4 is 10.4 Å². The third-order valence-electron chi connectivity index (χ3n) is 2.37. The molecule has 92 valence electrons. The molecule has 2 rings (SSSR count). The van der Waals surface area contributed by atoms with Gasteiger partial charge < -0.3 is 20.2 Å². The van der Waals surface area contributed by atoms with Gasteiger partial charge in [-0.1, -0.05) is 17.7 Å². The molecule has 0 aliphatic heterocycles. The second-order valence-electron chi connectivity index (χ2n) is 3.73. The first-order chi connectivity index (χ1) is 8.58. The molecule has 1 amide bonds. The number of H-pyrrole nitrogens is 1. The number of amides is 1. The topological polar surface area (TPSA) is 97.9 Å². The number of carbonyl (C=O) groups excluding carboxylic acids is 2. The van der Waals surface area contributed by atoms with Crippen molar-refractivity contribution in [2.75, 3.05) is 5.32 Å². The van der Waals surface area contributed by atoms with Crippen molar-refractivity contribution in [2.45, 2.75) is 6.92 Å². The van der Waals surface area contributed by atoms with Crippen LogP contribution in [0.25, 0.3) is 0 Å². The summed E-state index contributed by atoms with van der Waals surface area (Å²) >= 11 is 0. The van der Waals surface area contributed by atoms with Gasteiger partial charge in [0, 0.05) is 5.69 Å². The Morgan fingerprint density at radius 2 is 1.94 bits per heavy atom. The Morgan fingerprint density at radius 1 is 1.28 bits per heavy atom. The van der Waals surface area contributed by atoms with Crippen LogP contribution in [0.5, 0.6) is 0 Å². The number of hydrogen-bond acceptors (Lipinski definition) is 4. The summed E-state index contributed by atoms with van der Waals surface area (Å²) < 4.78 is 0. The van der Waals surface area contributed by atoms with Gasteiger partial charge in [-0.2, -0.15) is 0 Å². The number of nitrogens with zero attached hydrogens (tertiary/aromatic N) is 1. The molecule has 0 aliphatic carbocycles. The zero-order chi connectivity index (χ0) is 13.1. The van der Waals surface area contributed by atoms with Gasteiger partial charge in [-0.15, -0.1) is 0 Å². The lowest BCUT2D eigenvalue weighted by molar-refractivity contribution is -0.255. The molecule has 0 bridgehead atoms. The number of hydrogen-bond donors (Lipinski definition) is 2. The Morgan fingerprint density at radius 3 is 2.56 bits per heavy atom. The first-order valence-corrected chi connectivity index (χ1v) is 5.20. The SMILES string of the molecule is Cc1ccc(NC(=O)c2nc[nH]c2C(=O)[O-])cc1. The molecule has 1 aromatic heterocycles. The van der Waals surface area contributed by atoms with Crippen molar-refractivity contribution in [3.05, 3.63) is 47.5 Å². The number of aromatic amines is 1. The summed E-state index contributed by atoms with van der Waals surface area (Å²) in [5.74, 6) is -2.07. The van der Waals surface area contributed by atoms with Gasteiger partial charge in [0.05, 0.1) is 18.0 Å². The molecule has 18 heavy (non-hydrogen) atoms. The minimum absolute atomic E-state index is 0.199. The standard InChI is InChI=1S/C12H11N3O3/c1-7-2-4-8(5-3-7)15-11(16)9-10(12(17)18)14-6-13-9/h2-6H,1H3,(H,13,14)(H,15,16)(H,17,18)/p-1. The fraction of sp³-hybridized carbons (Fsp3) is 0.0833. The van der Waals surface area contributed by atoms with Crippen molar-refractivity contribution >= 4 is 17.6 Å². The first kappa shape index (κ1) is 11.8. The average molecular weight is 244 g/mol. The van der Waals surface area contributed by atoms with Crippen LogP contribution in [0.4, 0.5) is 5.69 Å². The van der Waals surface area contributed by atoms with Crippen LogP contribution in [-0.4, -0.2) is 21.8 Å². The van der Waals surface area contributed by atoms with E-state index < -0.39 is 11.9 Å². The fourth-order valence-corrected chi connectivity index (χ4v) is 1.45. The number of carboxylic acids is 1. The molecule has 6 heteroatoms. The van der Waals surface area contributed by atoms with Crippen molar-refractivity contribution in [2.24, 2.45) is 0 Å². The maximum Gasteiger partial charge on any atom is 0.276 e. The van der Waals surface area contributed by atoms with E-state index in [9.17, 15) is 14.7 Å². The molecule has 2 aromatic rings. The second kappa shape index (κ2) is 4.70. The van der Waals surface area contributed by atoms with Crippen molar-refractivity contribution in [3.8, 4) is 0 Å². The van der Waals surface area contributed by atoms with Crippen LogP contribution in [0.15, 0.2) is 30.6 Å². The summed E-state index contributed by atoms with van der Waals surface area (Å²) in [6.45, 7) is 1.92. The number of aryl methyl sites for hydroxylation is 1. The minimum Gasteiger partial charge on any atom is -0.543 e. The summed E-state index contributed by atoms with van der Waals surface area (Å²) in [7, 11) is 0. The molecule has 0 aliphatic rings. The van der Waals surface area contributed by atoms with Gasteiger partial charge in [-0.3, -0.25) is 4.79 Å². The highest BCUT2D eigenvalue weighted by Crippen LogP contribution is 2.11. The van der Waals surface area contributed by atoms with Gasteiger partial charge in [0.15, 0.2) is 5.69 Å². The number of nitrogens with one attached hydrogen (secondary N) is 2. The van der Waals surface area contributed by atoms with Crippen LogP contribution in [0.2, 0.25) is 0 Å². The maximum absolute atomic E-state index is 11.8. The molecule has 0 atom stereocenters. The van der Waals surface area contributed by atoms with Crippen LogP contribution in [0, 0.1) is 6.92 Å². The molecule has 2 N–H and O–H groups in total. The number of imidazole rings is 1. The molecule has 6 nitrogen and oxygen atoms in total. The summed E-state index contributed by atoms with van der Waals surface area (Å²) in [5, 5.41) is 13.3. The van der Waals surface area contributed by atoms with E-state index in [1.165, 1.54) is 0 Å². The molecular formula is C12H10N3O3-. The molecule has 1 aromatic carbocycles. The molecule has 0 saturated carbocycles. The highest BCUT2D eigenvalue weighted by Gasteiger charge is 2.15. The molecule has 0 fully saturated rings. The van der Waals surface area contributed by atoms with Gasteiger partial charge >= 0.3 is 0 Å². The van der Waals surface area contributed by atoms with E-state index in [0.717, 1.165) is 11.9 Å². The lowest BCUT2D eigenvalue weighted by Gasteiger charge is -2.06. The van der Waals surface area contributed by atoms with Gasteiger partial charge in [0.2, 0.25) is 0 Å². The number of carboxylic acid groups (broad SMARTS) is 1. The monoisotopic (exact) mass is 244 g/mol. The van der Waals surface area contributed by atoms with Crippen LogP contribution >= 0.6 is 0 Å². The highest BCUT2D eigenvalue weighted by molar-refractivity contribution is 6.08. The van der Waals surface area contributed by atoms with Crippen LogP contribution in [0.1, 0.15) is 26.5 Å². The Labute approximate surface area is 103 Å². The smallest absolute Gasteiger partial charge is 0.276 e. The van der Waals surface area contributed by atoms with Crippen molar-refractivity contribution in [1.29, 1.82) is 0 Å². The number of carbonyl (C=O) groups is 2. The third kappa shape index (κ3) is 2.37. The van der Waals surface area contributed by atoms with E-state index in [1.54, 1.807) is 12.1 Å². The molecule has 1 heterocycles. The normalized spacial score (nSPS) is 10.1. The minimum atomic E-state index is -1.47. The summed E-state index contributed by atoms with van der Waals surface area (Å²) in [4.78, 5) is 28.5. The van der Waals surface area contributed by atoms with Crippen LogP contribution in [0.3, 0.4) is 0 Å². The molecule has 0 spiro atoms. The largest absolute Gasteiger partial charge is 0.543 e. The fourth-order valence-electron chi connectivity index (χ4n) is 1.45. The van der Waals surface area contributed by atoms with Gasteiger partial charge in [-0.25, -0.2) is 4.98 Å². The average Bonchev–Trinajstić information content (AvgIpc) is 2.81. The van der Waals surface area contributed by atoms with Gasteiger partial charge in [0.25, 0.3) is 5.91 Å². The van der Waals surface area contributed by atoms with Crippen molar-refractivity contribution in [3.63, 3.8) is 0 Å². The number of benzene rings is 1. The molecule has 0 saturated heterocycles. The quantitative estimate of drug-likeness (QED) is 0.813. The van der Waals surface area contributed by atoms with Crippen molar-refractivity contribution in [1.82, 2.24) is 9.97 Å². The van der Waals surface area contributed by atoms with Crippen LogP contribution in [-0.2, 0) is 0 Å². The predicted molar refractivity (Wildman–Crippen MR) is 62.1 cm³/mol. The van der Waals surface area contributed by atoms with Gasteiger partial charge in [-0.05, 0) is 19.1 Å². The van der Waals surface area contributed by atoms with E-state index in [2.05, 4.69) is 15.3 Å². The lowest BCUT2D eigenvalue weighted by Crippen LogP contribution is -2.26. The first-order valence-electron chi connectivity index (χ1n) is 5.20. The Bertz CT molecular complexity index is 587. The summed E-state index contributed by atoms with van der Waals surface area (Å²) in [5.41, 5.74) is 1.09. The summed E-state index contributed by atoms with van der Waals surface area (Å²) in [6.07, 6.45) is 1.13. The maximum atomic E-state index is 11.8. The third-order valence-corrected chi connectivity index (χ3v) is 2.37. The predicted octanol–water partition coefficient (Wildman–Crippen LogP) is 0.334. The Balaban J connectivity index is 2.19.